The summed E-state index contributed by atoms with van der Waals surface area (Å²) < 4.78 is 6.98. The zero-order valence-electron chi connectivity index (χ0n) is 16.7. The number of imidazole rings is 1. The maximum atomic E-state index is 9.67. The van der Waals surface area contributed by atoms with Gasteiger partial charge in [-0.15, -0.1) is 0 Å². The Morgan fingerprint density at radius 3 is 2.70 bits per heavy atom. The van der Waals surface area contributed by atoms with Gasteiger partial charge in [-0.2, -0.15) is 5.26 Å². The first-order chi connectivity index (χ1) is 14.5. The van der Waals surface area contributed by atoms with Crippen LogP contribution in [0.15, 0.2) is 60.7 Å². The average Bonchev–Trinajstić information content (AvgIpc) is 3.14. The number of rotatable bonds is 5. The predicted octanol–water partition coefficient (Wildman–Crippen LogP) is 6.43. The molecule has 0 aliphatic heterocycles. The number of aromatic amines is 1. The number of benzene rings is 3. The van der Waals surface area contributed by atoms with Crippen LogP contribution < -0.4 is 4.74 Å². The average molecular weight is 505 g/mol. The van der Waals surface area contributed by atoms with Gasteiger partial charge in [0.25, 0.3) is 0 Å². The minimum Gasteiger partial charge on any atom is -0.488 e. The molecule has 0 aliphatic carbocycles. The van der Waals surface area contributed by atoms with Crippen molar-refractivity contribution < 1.29 is 4.74 Å². The van der Waals surface area contributed by atoms with E-state index in [9.17, 15) is 5.26 Å². The second-order valence-corrected chi connectivity index (χ2v) is 8.41. The molecule has 0 radical (unpaired) electrons. The van der Waals surface area contributed by atoms with Gasteiger partial charge >= 0.3 is 0 Å². The van der Waals surface area contributed by atoms with E-state index in [1.54, 1.807) is 0 Å². The van der Waals surface area contributed by atoms with Crippen molar-refractivity contribution in [3.63, 3.8) is 0 Å². The highest BCUT2D eigenvalue weighted by molar-refractivity contribution is 14.1. The van der Waals surface area contributed by atoms with Crippen molar-refractivity contribution in [3.8, 4) is 11.8 Å². The highest BCUT2D eigenvalue weighted by Gasteiger charge is 2.09. The molecule has 0 unspecified atom stereocenters. The Bertz CT molecular complexity index is 1300. The van der Waals surface area contributed by atoms with E-state index in [-0.39, 0.29) is 0 Å². The molecule has 0 spiro atoms. The summed E-state index contributed by atoms with van der Waals surface area (Å²) in [5, 5.41) is 9.67. The maximum absolute atomic E-state index is 9.67. The summed E-state index contributed by atoms with van der Waals surface area (Å²) in [5.41, 5.74) is 6.71. The van der Waals surface area contributed by atoms with Crippen LogP contribution >= 0.6 is 22.6 Å². The van der Waals surface area contributed by atoms with Crippen molar-refractivity contribution in [2.75, 3.05) is 0 Å². The Labute approximate surface area is 189 Å². The quantitative estimate of drug-likeness (QED) is 0.251. The molecule has 0 aliphatic rings. The van der Waals surface area contributed by atoms with Gasteiger partial charge in [0.05, 0.1) is 20.2 Å². The van der Waals surface area contributed by atoms with Gasteiger partial charge < -0.3 is 9.72 Å². The first kappa shape index (κ1) is 20.2. The standard InChI is InChI=1S/C25H20IN3O/c1-16-4-3-5-19(10-16)15-30-24-9-7-18(13-21(24)26)12-20(14-27)25-28-22-8-6-17(2)11-23(22)29-25/h3-13H,15H2,1-2H3,(H,28,29)/b20-12-. The van der Waals surface area contributed by atoms with Crippen molar-refractivity contribution in [2.45, 2.75) is 20.5 Å². The van der Waals surface area contributed by atoms with Crippen LogP contribution in [-0.4, -0.2) is 9.97 Å². The molecule has 4 rings (SSSR count). The third-order valence-corrected chi connectivity index (χ3v) is 5.60. The van der Waals surface area contributed by atoms with Crippen molar-refractivity contribution in [1.29, 1.82) is 5.26 Å². The van der Waals surface area contributed by atoms with E-state index in [0.717, 1.165) is 37.0 Å². The van der Waals surface area contributed by atoms with E-state index >= 15 is 0 Å². The fraction of sp³-hybridized carbons (Fsp3) is 0.120. The Kier molecular flexibility index (Phi) is 5.86. The summed E-state index contributed by atoms with van der Waals surface area (Å²) in [6.07, 6.45) is 1.84. The van der Waals surface area contributed by atoms with Gasteiger partial charge in [-0.05, 0) is 83.5 Å². The van der Waals surface area contributed by atoms with Crippen LogP contribution in [0.4, 0.5) is 0 Å². The lowest BCUT2D eigenvalue weighted by Gasteiger charge is -2.09. The molecule has 30 heavy (non-hydrogen) atoms. The predicted molar refractivity (Wildman–Crippen MR) is 129 cm³/mol. The summed E-state index contributed by atoms with van der Waals surface area (Å²) in [6.45, 7) is 4.63. The third kappa shape index (κ3) is 4.55. The van der Waals surface area contributed by atoms with Gasteiger partial charge in [-0.3, -0.25) is 0 Å². The van der Waals surface area contributed by atoms with Crippen LogP contribution in [0.2, 0.25) is 0 Å². The van der Waals surface area contributed by atoms with Crippen LogP contribution in [0.25, 0.3) is 22.7 Å². The van der Waals surface area contributed by atoms with E-state index in [1.165, 1.54) is 5.56 Å². The molecule has 5 heteroatoms. The Morgan fingerprint density at radius 1 is 1.10 bits per heavy atom. The fourth-order valence-corrected chi connectivity index (χ4v) is 3.95. The lowest BCUT2D eigenvalue weighted by molar-refractivity contribution is 0.304. The summed E-state index contributed by atoms with van der Waals surface area (Å²) in [7, 11) is 0. The number of allylic oxidation sites excluding steroid dienone is 1. The molecule has 1 N–H and O–H groups in total. The third-order valence-electron chi connectivity index (χ3n) is 4.76. The van der Waals surface area contributed by atoms with E-state index in [1.807, 2.05) is 55.5 Å². The highest BCUT2D eigenvalue weighted by Crippen LogP contribution is 2.26. The molecule has 1 heterocycles. The molecule has 0 fully saturated rings. The largest absolute Gasteiger partial charge is 0.488 e. The lowest BCUT2D eigenvalue weighted by Crippen LogP contribution is -1.97. The van der Waals surface area contributed by atoms with Crippen LogP contribution in [-0.2, 0) is 6.61 Å². The maximum Gasteiger partial charge on any atom is 0.149 e. The van der Waals surface area contributed by atoms with Crippen LogP contribution in [0, 0.1) is 28.7 Å². The molecular weight excluding hydrogens is 485 g/mol. The lowest BCUT2D eigenvalue weighted by atomic mass is 10.1. The zero-order chi connectivity index (χ0) is 21.1. The molecule has 0 amide bonds. The van der Waals surface area contributed by atoms with Crippen molar-refractivity contribution in [3.05, 3.63) is 92.3 Å². The first-order valence-electron chi connectivity index (χ1n) is 9.58. The van der Waals surface area contributed by atoms with E-state index in [0.29, 0.717) is 18.0 Å². The van der Waals surface area contributed by atoms with Crippen molar-refractivity contribution in [1.82, 2.24) is 9.97 Å². The van der Waals surface area contributed by atoms with Gasteiger partial charge in [0.1, 0.15) is 24.3 Å². The number of aromatic nitrogens is 2. The highest BCUT2D eigenvalue weighted by atomic mass is 127. The summed E-state index contributed by atoms with van der Waals surface area (Å²) >= 11 is 2.26. The number of hydrogen-bond acceptors (Lipinski definition) is 3. The molecule has 0 saturated carbocycles. The van der Waals surface area contributed by atoms with E-state index in [2.05, 4.69) is 63.8 Å². The second-order valence-electron chi connectivity index (χ2n) is 7.24. The fourth-order valence-electron chi connectivity index (χ4n) is 3.26. The number of nitrogens with one attached hydrogen (secondary N) is 1. The number of H-pyrrole nitrogens is 1. The molecule has 4 aromatic rings. The van der Waals surface area contributed by atoms with Gasteiger partial charge in [-0.25, -0.2) is 4.98 Å². The summed E-state index contributed by atoms with van der Waals surface area (Å²) in [5.74, 6) is 1.40. The summed E-state index contributed by atoms with van der Waals surface area (Å²) in [6, 6.07) is 22.5. The van der Waals surface area contributed by atoms with Crippen LogP contribution in [0.5, 0.6) is 5.75 Å². The molecule has 3 aromatic carbocycles. The second kappa shape index (κ2) is 8.72. The SMILES string of the molecule is Cc1cccc(COc2ccc(/C=C(/C#N)c3nc4ccc(C)cc4[nH]3)cc2I)c1. The Balaban J connectivity index is 1.56. The number of nitriles is 1. The van der Waals surface area contributed by atoms with Crippen LogP contribution in [0.3, 0.4) is 0 Å². The van der Waals surface area contributed by atoms with Gasteiger partial charge in [0, 0.05) is 0 Å². The van der Waals surface area contributed by atoms with Crippen molar-refractivity contribution in [2.24, 2.45) is 0 Å². The molecule has 0 bridgehead atoms. The molecule has 4 nitrogen and oxygen atoms in total. The van der Waals surface area contributed by atoms with Crippen molar-refractivity contribution >= 4 is 45.3 Å². The number of fused-ring (bicyclic) bond motifs is 1. The number of nitrogens with zero attached hydrogens (tertiary/aromatic N) is 2. The monoisotopic (exact) mass is 505 g/mol. The molecule has 0 saturated heterocycles. The summed E-state index contributed by atoms with van der Waals surface area (Å²) in [4.78, 5) is 7.81. The molecular formula is C25H20IN3O. The Hall–Kier alpha value is -3.11. The minimum absolute atomic E-state index is 0.494. The number of hydrogen-bond donors (Lipinski definition) is 1. The molecule has 1 aromatic heterocycles. The first-order valence-corrected chi connectivity index (χ1v) is 10.7. The Morgan fingerprint density at radius 2 is 1.93 bits per heavy atom. The van der Waals surface area contributed by atoms with E-state index in [4.69, 9.17) is 4.74 Å². The van der Waals surface area contributed by atoms with Gasteiger partial charge in [-0.1, -0.05) is 42.0 Å². The van der Waals surface area contributed by atoms with Gasteiger partial charge in [0.15, 0.2) is 0 Å². The molecule has 0 atom stereocenters. The van der Waals surface area contributed by atoms with Gasteiger partial charge in [0.2, 0.25) is 0 Å². The number of ether oxygens (including phenoxy) is 1. The smallest absolute Gasteiger partial charge is 0.149 e. The topological polar surface area (TPSA) is 61.7 Å². The minimum atomic E-state index is 0.494. The number of aryl methyl sites for hydroxylation is 2. The normalized spacial score (nSPS) is 11.5. The number of halogens is 1. The molecule has 148 valence electrons. The zero-order valence-corrected chi connectivity index (χ0v) is 18.9. The van der Waals surface area contributed by atoms with Crippen LogP contribution in [0.1, 0.15) is 28.1 Å². The van der Waals surface area contributed by atoms with E-state index < -0.39 is 0 Å².